The summed E-state index contributed by atoms with van der Waals surface area (Å²) >= 11 is 0. The summed E-state index contributed by atoms with van der Waals surface area (Å²) in [5, 5.41) is 1.10. The number of fused-ring (bicyclic) bond motifs is 4. The van der Waals surface area contributed by atoms with Crippen molar-refractivity contribution in [1.82, 2.24) is 14.8 Å². The quantitative estimate of drug-likeness (QED) is 0.689. The number of para-hydroxylation sites is 1. The van der Waals surface area contributed by atoms with Crippen LogP contribution in [0.5, 0.6) is 11.5 Å². The van der Waals surface area contributed by atoms with E-state index >= 15 is 0 Å². The van der Waals surface area contributed by atoms with Crippen LogP contribution in [0.1, 0.15) is 35.7 Å². The molecule has 2 atom stereocenters. The van der Waals surface area contributed by atoms with Crippen molar-refractivity contribution in [3.05, 3.63) is 59.3 Å². The number of nitrogens with one attached hydrogen (secondary N) is 1. The highest BCUT2D eigenvalue weighted by atomic mass is 16.5. The average molecular weight is 431 g/mol. The second-order valence-corrected chi connectivity index (χ2v) is 8.79. The molecule has 7 heteroatoms. The zero-order chi connectivity index (χ0) is 22.0. The Labute approximate surface area is 185 Å². The summed E-state index contributed by atoms with van der Waals surface area (Å²) in [7, 11) is 3.24. The Morgan fingerprint density at radius 3 is 2.59 bits per heavy atom. The molecule has 3 aromatic rings. The van der Waals surface area contributed by atoms with Crippen LogP contribution < -0.4 is 9.47 Å². The molecular formula is C25H25N3O4. The van der Waals surface area contributed by atoms with E-state index < -0.39 is 12.1 Å². The smallest absolute Gasteiger partial charge is 0.246 e. The van der Waals surface area contributed by atoms with Gasteiger partial charge in [-0.05, 0) is 42.7 Å². The molecule has 32 heavy (non-hydrogen) atoms. The fourth-order valence-electron chi connectivity index (χ4n) is 5.36. The first-order valence-electron chi connectivity index (χ1n) is 11.0. The molecule has 2 amide bonds. The number of nitrogens with zero attached hydrogens (tertiary/aromatic N) is 2. The largest absolute Gasteiger partial charge is 0.497 e. The van der Waals surface area contributed by atoms with Gasteiger partial charge in [0.05, 0.1) is 14.2 Å². The number of methoxy groups -OCH3 is 2. The van der Waals surface area contributed by atoms with Gasteiger partial charge in [-0.1, -0.05) is 18.2 Å². The van der Waals surface area contributed by atoms with E-state index in [1.54, 1.807) is 24.0 Å². The molecule has 164 valence electrons. The molecule has 1 aliphatic carbocycles. The van der Waals surface area contributed by atoms with Gasteiger partial charge < -0.3 is 24.3 Å². The molecule has 2 fully saturated rings. The molecule has 3 heterocycles. The lowest BCUT2D eigenvalue weighted by Crippen LogP contribution is -2.63. The lowest BCUT2D eigenvalue weighted by molar-refractivity contribution is -0.159. The number of benzene rings is 2. The molecule has 0 radical (unpaired) electrons. The highest BCUT2D eigenvalue weighted by Gasteiger charge is 2.51. The lowest BCUT2D eigenvalue weighted by Gasteiger charge is -2.47. The molecule has 2 aliphatic heterocycles. The number of ether oxygens (including phenoxy) is 2. The van der Waals surface area contributed by atoms with Crippen molar-refractivity contribution in [3.63, 3.8) is 0 Å². The van der Waals surface area contributed by atoms with Gasteiger partial charge in [-0.25, -0.2) is 0 Å². The van der Waals surface area contributed by atoms with Crippen LogP contribution in [0, 0.1) is 0 Å². The van der Waals surface area contributed by atoms with E-state index in [1.807, 2.05) is 36.4 Å². The summed E-state index contributed by atoms with van der Waals surface area (Å²) in [6, 6.07) is 12.9. The summed E-state index contributed by atoms with van der Waals surface area (Å²) in [5.41, 5.74) is 3.85. The zero-order valence-electron chi connectivity index (χ0n) is 18.1. The third-order valence-corrected chi connectivity index (χ3v) is 7.01. The Morgan fingerprint density at radius 2 is 1.84 bits per heavy atom. The number of amides is 2. The van der Waals surface area contributed by atoms with Crippen molar-refractivity contribution >= 4 is 22.7 Å². The monoisotopic (exact) mass is 431 g/mol. The van der Waals surface area contributed by atoms with Crippen LogP contribution in [0.25, 0.3) is 10.9 Å². The molecule has 1 aromatic heterocycles. The van der Waals surface area contributed by atoms with Gasteiger partial charge in [-0.15, -0.1) is 0 Å². The fourth-order valence-corrected chi connectivity index (χ4v) is 5.36. The Hall–Kier alpha value is -3.48. The van der Waals surface area contributed by atoms with Crippen molar-refractivity contribution < 1.29 is 19.1 Å². The second kappa shape index (κ2) is 7.02. The number of aromatic amines is 1. The van der Waals surface area contributed by atoms with E-state index in [-0.39, 0.29) is 24.4 Å². The van der Waals surface area contributed by atoms with Crippen molar-refractivity contribution in [1.29, 1.82) is 0 Å². The average Bonchev–Trinajstić information content (AvgIpc) is 3.60. The van der Waals surface area contributed by atoms with Crippen molar-refractivity contribution in [3.8, 4) is 11.5 Å². The predicted octanol–water partition coefficient (Wildman–Crippen LogP) is 3.03. The zero-order valence-corrected chi connectivity index (χ0v) is 18.1. The Kier molecular flexibility index (Phi) is 4.22. The number of carbonyl (C=O) groups excluding carboxylic acids is 2. The third-order valence-electron chi connectivity index (χ3n) is 7.01. The van der Waals surface area contributed by atoms with Crippen molar-refractivity contribution in [2.45, 2.75) is 37.4 Å². The number of hydrogen-bond acceptors (Lipinski definition) is 4. The summed E-state index contributed by atoms with van der Waals surface area (Å²) < 4.78 is 11.2. The maximum atomic E-state index is 13.6. The van der Waals surface area contributed by atoms with E-state index in [0.717, 1.165) is 40.6 Å². The minimum absolute atomic E-state index is 0.0271. The molecule has 1 N–H and O–H groups in total. The van der Waals surface area contributed by atoms with Gasteiger partial charge in [0.1, 0.15) is 30.1 Å². The molecule has 2 aromatic carbocycles. The first-order chi connectivity index (χ1) is 15.6. The molecular weight excluding hydrogens is 406 g/mol. The number of hydrogen-bond donors (Lipinski definition) is 1. The summed E-state index contributed by atoms with van der Waals surface area (Å²) in [6.07, 6.45) is 2.48. The van der Waals surface area contributed by atoms with Crippen LogP contribution >= 0.6 is 0 Å². The van der Waals surface area contributed by atoms with Gasteiger partial charge in [0.25, 0.3) is 0 Å². The number of piperazine rings is 1. The Bertz CT molecular complexity index is 1250. The molecule has 1 unspecified atom stereocenters. The molecule has 0 spiro atoms. The van der Waals surface area contributed by atoms with E-state index in [9.17, 15) is 9.59 Å². The first-order valence-corrected chi connectivity index (χ1v) is 11.0. The topological polar surface area (TPSA) is 74.9 Å². The van der Waals surface area contributed by atoms with E-state index in [2.05, 4.69) is 11.1 Å². The molecule has 7 nitrogen and oxygen atoms in total. The van der Waals surface area contributed by atoms with Gasteiger partial charge >= 0.3 is 0 Å². The number of aromatic nitrogens is 1. The molecule has 3 aliphatic rings. The van der Waals surface area contributed by atoms with Gasteiger partial charge in [0.2, 0.25) is 11.8 Å². The van der Waals surface area contributed by atoms with Gasteiger partial charge in [-0.2, -0.15) is 0 Å². The van der Waals surface area contributed by atoms with E-state index in [0.29, 0.717) is 17.9 Å². The lowest BCUT2D eigenvalue weighted by atomic mass is 9.85. The Balaban J connectivity index is 1.58. The second-order valence-electron chi connectivity index (χ2n) is 8.79. The fraction of sp³-hybridized carbons (Fsp3) is 0.360. The number of H-pyrrole nitrogens is 1. The van der Waals surface area contributed by atoms with Gasteiger partial charge in [0.15, 0.2) is 0 Å². The predicted molar refractivity (Wildman–Crippen MR) is 119 cm³/mol. The SMILES string of the molecule is COc1ccc(OC)c(C2c3[nH]c4ccccc4c3C[C@@H]3C(=O)N(C4CC4)CC(=O)N23)c1. The van der Waals surface area contributed by atoms with Crippen LogP contribution in [0.2, 0.25) is 0 Å². The summed E-state index contributed by atoms with van der Waals surface area (Å²) in [5.74, 6) is 1.36. The van der Waals surface area contributed by atoms with Crippen LogP contribution in [-0.2, 0) is 16.0 Å². The highest BCUT2D eigenvalue weighted by molar-refractivity contribution is 5.98. The Morgan fingerprint density at radius 1 is 1.03 bits per heavy atom. The number of rotatable bonds is 4. The van der Waals surface area contributed by atoms with Crippen LogP contribution in [0.3, 0.4) is 0 Å². The maximum absolute atomic E-state index is 13.6. The van der Waals surface area contributed by atoms with Crippen molar-refractivity contribution in [2.24, 2.45) is 0 Å². The minimum atomic E-state index is -0.524. The van der Waals surface area contributed by atoms with Crippen LogP contribution in [-0.4, -0.2) is 59.4 Å². The molecule has 1 saturated heterocycles. The third kappa shape index (κ3) is 2.73. The number of carbonyl (C=O) groups is 2. The van der Waals surface area contributed by atoms with Gasteiger partial charge in [0, 0.05) is 34.6 Å². The normalized spacial score (nSPS) is 22.7. The summed E-state index contributed by atoms with van der Waals surface area (Å²) in [4.78, 5) is 34.2. The van der Waals surface area contributed by atoms with E-state index in [1.165, 1.54) is 0 Å². The van der Waals surface area contributed by atoms with Crippen LogP contribution in [0.15, 0.2) is 42.5 Å². The maximum Gasteiger partial charge on any atom is 0.246 e. The standard InChI is InChI=1S/C25H25N3O4/c1-31-15-9-10-21(32-2)18(11-15)24-23-17(16-5-3-4-6-19(16)26-23)12-20-25(30)27(14-7-8-14)13-22(29)28(20)24/h3-6,9-11,14,20,24,26H,7-8,12-13H2,1-2H3/t20-,24?/m1/s1. The molecule has 0 bridgehead atoms. The minimum Gasteiger partial charge on any atom is -0.497 e. The van der Waals surface area contributed by atoms with Crippen molar-refractivity contribution in [2.75, 3.05) is 20.8 Å². The molecule has 1 saturated carbocycles. The van der Waals surface area contributed by atoms with Crippen LogP contribution in [0.4, 0.5) is 0 Å². The van der Waals surface area contributed by atoms with E-state index in [4.69, 9.17) is 9.47 Å². The summed E-state index contributed by atoms with van der Waals surface area (Å²) in [6.45, 7) is 0.137. The highest BCUT2D eigenvalue weighted by Crippen LogP contribution is 2.46. The first kappa shape index (κ1) is 19.2. The molecule has 6 rings (SSSR count). The van der Waals surface area contributed by atoms with Gasteiger partial charge in [-0.3, -0.25) is 9.59 Å².